The molecule has 0 bridgehead atoms. The molecule has 22 heavy (non-hydrogen) atoms. The van der Waals surface area contributed by atoms with Gasteiger partial charge in [0.15, 0.2) is 0 Å². The normalized spacial score (nSPS) is 10.4. The van der Waals surface area contributed by atoms with E-state index in [4.69, 9.17) is 9.26 Å². The second-order valence-corrected chi connectivity index (χ2v) is 5.00. The molecule has 0 radical (unpaired) electrons. The molecule has 0 fully saturated rings. The first-order valence-corrected chi connectivity index (χ1v) is 6.83. The van der Waals surface area contributed by atoms with Crippen LogP contribution >= 0.6 is 0 Å². The van der Waals surface area contributed by atoms with Crippen LogP contribution in [-0.4, -0.2) is 24.1 Å². The van der Waals surface area contributed by atoms with Gasteiger partial charge in [0, 0.05) is 11.3 Å². The van der Waals surface area contributed by atoms with Crippen LogP contribution < -0.4 is 5.32 Å². The summed E-state index contributed by atoms with van der Waals surface area (Å²) < 4.78 is 9.77. The average molecular weight is 302 g/mol. The molecule has 1 N–H and O–H groups in total. The quantitative estimate of drug-likeness (QED) is 0.878. The molecular weight excluding hydrogens is 284 g/mol. The van der Waals surface area contributed by atoms with Gasteiger partial charge < -0.3 is 14.6 Å². The zero-order chi connectivity index (χ0) is 16.3. The topological polar surface area (TPSA) is 81.4 Å². The molecule has 0 saturated heterocycles. The van der Waals surface area contributed by atoms with E-state index >= 15 is 0 Å². The number of benzene rings is 1. The summed E-state index contributed by atoms with van der Waals surface area (Å²) in [5, 5.41) is 6.63. The van der Waals surface area contributed by atoms with Gasteiger partial charge in [0.25, 0.3) is 0 Å². The number of esters is 1. The fraction of sp³-hybridized carbons (Fsp3) is 0.312. The summed E-state index contributed by atoms with van der Waals surface area (Å²) in [4.78, 5) is 23.9. The number of rotatable bonds is 4. The van der Waals surface area contributed by atoms with Crippen LogP contribution in [0.25, 0.3) is 0 Å². The molecule has 2 rings (SSSR count). The summed E-state index contributed by atoms with van der Waals surface area (Å²) in [5.41, 5.74) is 3.16. The SMILES string of the molecule is COC(=O)c1cccc(NC(=O)Cc2c(C)noc2C)c1C. The molecule has 1 heterocycles. The van der Waals surface area contributed by atoms with Crippen molar-refractivity contribution >= 4 is 17.6 Å². The Labute approximate surface area is 128 Å². The summed E-state index contributed by atoms with van der Waals surface area (Å²) >= 11 is 0. The third kappa shape index (κ3) is 3.16. The Bertz CT molecular complexity index is 699. The highest BCUT2D eigenvalue weighted by molar-refractivity contribution is 5.97. The van der Waals surface area contributed by atoms with Crippen molar-refractivity contribution in [3.8, 4) is 0 Å². The molecule has 2 aromatic rings. The first-order valence-electron chi connectivity index (χ1n) is 6.83. The van der Waals surface area contributed by atoms with Crippen molar-refractivity contribution in [1.29, 1.82) is 0 Å². The molecule has 0 unspecified atom stereocenters. The second-order valence-electron chi connectivity index (χ2n) is 5.00. The van der Waals surface area contributed by atoms with Crippen molar-refractivity contribution in [1.82, 2.24) is 5.16 Å². The number of hydrogen-bond donors (Lipinski definition) is 1. The fourth-order valence-electron chi connectivity index (χ4n) is 2.21. The minimum absolute atomic E-state index is 0.170. The van der Waals surface area contributed by atoms with E-state index < -0.39 is 5.97 Å². The Hall–Kier alpha value is -2.63. The number of anilines is 1. The minimum atomic E-state index is -0.431. The Morgan fingerprint density at radius 2 is 2.00 bits per heavy atom. The summed E-state index contributed by atoms with van der Waals surface area (Å²) in [6.07, 6.45) is 0.170. The van der Waals surface area contributed by atoms with Gasteiger partial charge in [-0.2, -0.15) is 0 Å². The van der Waals surface area contributed by atoms with Crippen LogP contribution in [0.1, 0.15) is 32.9 Å². The van der Waals surface area contributed by atoms with Gasteiger partial charge in [0.05, 0.1) is 24.8 Å². The van der Waals surface area contributed by atoms with E-state index in [1.165, 1.54) is 7.11 Å². The smallest absolute Gasteiger partial charge is 0.338 e. The molecule has 0 aliphatic carbocycles. The lowest BCUT2D eigenvalue weighted by molar-refractivity contribution is -0.115. The molecule has 1 aromatic heterocycles. The van der Waals surface area contributed by atoms with Crippen molar-refractivity contribution in [3.05, 3.63) is 46.3 Å². The maximum atomic E-state index is 12.2. The third-order valence-corrected chi connectivity index (χ3v) is 3.53. The molecule has 1 aromatic carbocycles. The Balaban J connectivity index is 2.17. The van der Waals surface area contributed by atoms with Crippen molar-refractivity contribution in [2.24, 2.45) is 0 Å². The number of nitrogens with one attached hydrogen (secondary N) is 1. The van der Waals surface area contributed by atoms with Crippen LogP contribution in [0.5, 0.6) is 0 Å². The van der Waals surface area contributed by atoms with Gasteiger partial charge in [-0.1, -0.05) is 11.2 Å². The van der Waals surface area contributed by atoms with E-state index in [2.05, 4.69) is 10.5 Å². The highest BCUT2D eigenvalue weighted by Gasteiger charge is 2.16. The second kappa shape index (κ2) is 6.43. The highest BCUT2D eigenvalue weighted by Crippen LogP contribution is 2.20. The molecule has 6 heteroatoms. The number of ether oxygens (including phenoxy) is 1. The molecule has 0 aliphatic rings. The molecule has 0 spiro atoms. The Morgan fingerprint density at radius 1 is 1.27 bits per heavy atom. The maximum absolute atomic E-state index is 12.2. The molecular formula is C16H18N2O4. The number of aromatic nitrogens is 1. The highest BCUT2D eigenvalue weighted by atomic mass is 16.5. The average Bonchev–Trinajstić information content (AvgIpc) is 2.80. The summed E-state index contributed by atoms with van der Waals surface area (Å²) in [6.45, 7) is 5.33. The predicted molar refractivity (Wildman–Crippen MR) is 80.8 cm³/mol. The standard InChI is InChI=1S/C16H18N2O4/c1-9-12(16(20)21-4)6-5-7-14(9)17-15(19)8-13-10(2)18-22-11(13)3/h5-7H,8H2,1-4H3,(H,17,19). The first-order chi connectivity index (χ1) is 10.4. The third-order valence-electron chi connectivity index (χ3n) is 3.53. The lowest BCUT2D eigenvalue weighted by Gasteiger charge is -2.11. The molecule has 6 nitrogen and oxygen atoms in total. The first kappa shape index (κ1) is 15.8. The van der Waals surface area contributed by atoms with Crippen LogP contribution in [0.15, 0.2) is 22.7 Å². The number of hydrogen-bond acceptors (Lipinski definition) is 5. The molecule has 116 valence electrons. The predicted octanol–water partition coefficient (Wildman–Crippen LogP) is 2.57. The number of amides is 1. The van der Waals surface area contributed by atoms with Crippen LogP contribution in [0, 0.1) is 20.8 Å². The van der Waals surface area contributed by atoms with Gasteiger partial charge in [0.2, 0.25) is 5.91 Å². The Kier molecular flexibility index (Phi) is 4.60. The molecule has 1 amide bonds. The molecule has 0 aliphatic heterocycles. The van der Waals surface area contributed by atoms with Crippen molar-refractivity contribution in [3.63, 3.8) is 0 Å². The van der Waals surface area contributed by atoms with Gasteiger partial charge in [-0.05, 0) is 38.5 Å². The van der Waals surface area contributed by atoms with E-state index in [0.29, 0.717) is 28.3 Å². The van der Waals surface area contributed by atoms with Gasteiger partial charge in [-0.15, -0.1) is 0 Å². The number of methoxy groups -OCH3 is 1. The summed E-state index contributed by atoms with van der Waals surface area (Å²) in [6, 6.07) is 5.10. The zero-order valence-electron chi connectivity index (χ0n) is 13.0. The van der Waals surface area contributed by atoms with Crippen LogP contribution in [0.2, 0.25) is 0 Å². The van der Waals surface area contributed by atoms with Gasteiger partial charge in [0.1, 0.15) is 5.76 Å². The Morgan fingerprint density at radius 3 is 2.59 bits per heavy atom. The number of carbonyl (C=O) groups is 2. The van der Waals surface area contributed by atoms with E-state index in [0.717, 1.165) is 5.56 Å². The fourth-order valence-corrected chi connectivity index (χ4v) is 2.21. The molecule has 0 saturated carbocycles. The van der Waals surface area contributed by atoms with Gasteiger partial charge in [-0.25, -0.2) is 4.79 Å². The zero-order valence-corrected chi connectivity index (χ0v) is 13.0. The van der Waals surface area contributed by atoms with E-state index in [1.807, 2.05) is 0 Å². The van der Waals surface area contributed by atoms with Crippen molar-refractivity contribution in [2.75, 3.05) is 12.4 Å². The van der Waals surface area contributed by atoms with Gasteiger partial charge >= 0.3 is 5.97 Å². The van der Waals surface area contributed by atoms with Crippen molar-refractivity contribution < 1.29 is 18.8 Å². The maximum Gasteiger partial charge on any atom is 0.338 e. The number of aryl methyl sites for hydroxylation is 2. The van der Waals surface area contributed by atoms with Crippen LogP contribution in [-0.2, 0) is 16.0 Å². The minimum Gasteiger partial charge on any atom is -0.465 e. The summed E-state index contributed by atoms with van der Waals surface area (Å²) in [5.74, 6) is 0.00604. The lowest BCUT2D eigenvalue weighted by Crippen LogP contribution is -2.17. The lowest BCUT2D eigenvalue weighted by atomic mass is 10.1. The monoisotopic (exact) mass is 302 g/mol. The van der Waals surface area contributed by atoms with E-state index in [9.17, 15) is 9.59 Å². The van der Waals surface area contributed by atoms with E-state index in [-0.39, 0.29) is 12.3 Å². The largest absolute Gasteiger partial charge is 0.465 e. The summed E-state index contributed by atoms with van der Waals surface area (Å²) in [7, 11) is 1.32. The van der Waals surface area contributed by atoms with Crippen molar-refractivity contribution in [2.45, 2.75) is 27.2 Å². The number of nitrogens with zero attached hydrogens (tertiary/aromatic N) is 1. The van der Waals surface area contributed by atoms with Crippen LogP contribution in [0.4, 0.5) is 5.69 Å². The van der Waals surface area contributed by atoms with Gasteiger partial charge in [-0.3, -0.25) is 4.79 Å². The van der Waals surface area contributed by atoms with Crippen LogP contribution in [0.3, 0.4) is 0 Å². The number of carbonyl (C=O) groups excluding carboxylic acids is 2. The van der Waals surface area contributed by atoms with E-state index in [1.54, 1.807) is 39.0 Å². The molecule has 0 atom stereocenters.